The summed E-state index contributed by atoms with van der Waals surface area (Å²) in [6.45, 7) is 0.713. The van der Waals surface area contributed by atoms with Crippen molar-refractivity contribution in [1.82, 2.24) is 15.5 Å². The van der Waals surface area contributed by atoms with Crippen LogP contribution in [0.3, 0.4) is 0 Å². The number of nitrogens with zero attached hydrogens (tertiary/aromatic N) is 1. The van der Waals surface area contributed by atoms with Crippen molar-refractivity contribution < 1.29 is 22.8 Å². The van der Waals surface area contributed by atoms with Gasteiger partial charge in [-0.1, -0.05) is 0 Å². The molecule has 0 aromatic heterocycles. The Bertz CT molecular complexity index is 409. The van der Waals surface area contributed by atoms with E-state index in [1.165, 1.54) is 0 Å². The lowest BCUT2D eigenvalue weighted by Crippen LogP contribution is -2.43. The van der Waals surface area contributed by atoms with E-state index in [4.69, 9.17) is 0 Å². The Hall–Kier alpha value is -1.31. The SMILES string of the molecule is O=C(CCC1CCNCC1)NC1CCN(CC(F)(F)F)C1=O. The molecule has 0 saturated carbocycles. The lowest BCUT2D eigenvalue weighted by atomic mass is 9.93. The molecule has 2 aliphatic rings. The van der Waals surface area contributed by atoms with Gasteiger partial charge in [-0.05, 0) is 44.7 Å². The molecule has 126 valence electrons. The van der Waals surface area contributed by atoms with Crippen LogP contribution in [0.5, 0.6) is 0 Å². The molecule has 2 rings (SSSR count). The van der Waals surface area contributed by atoms with Crippen LogP contribution in [-0.2, 0) is 9.59 Å². The normalized spacial score (nSPS) is 23.9. The molecule has 1 unspecified atom stereocenters. The average molecular weight is 321 g/mol. The number of carbonyl (C=O) groups excluding carboxylic acids is 2. The summed E-state index contributed by atoms with van der Waals surface area (Å²) >= 11 is 0. The summed E-state index contributed by atoms with van der Waals surface area (Å²) < 4.78 is 36.9. The van der Waals surface area contributed by atoms with Crippen molar-refractivity contribution in [3.8, 4) is 0 Å². The van der Waals surface area contributed by atoms with Crippen LogP contribution in [0.1, 0.15) is 32.1 Å². The van der Waals surface area contributed by atoms with Gasteiger partial charge >= 0.3 is 6.18 Å². The lowest BCUT2D eigenvalue weighted by Gasteiger charge is -2.22. The Labute approximate surface area is 127 Å². The van der Waals surface area contributed by atoms with Gasteiger partial charge in [0.2, 0.25) is 11.8 Å². The largest absolute Gasteiger partial charge is 0.406 e. The van der Waals surface area contributed by atoms with Crippen molar-refractivity contribution in [3.05, 3.63) is 0 Å². The number of hydrogen-bond donors (Lipinski definition) is 2. The van der Waals surface area contributed by atoms with Crippen molar-refractivity contribution >= 4 is 11.8 Å². The second-order valence-corrected chi connectivity index (χ2v) is 6.02. The first-order valence-corrected chi connectivity index (χ1v) is 7.71. The summed E-state index contributed by atoms with van der Waals surface area (Å²) in [5.74, 6) is -0.369. The van der Waals surface area contributed by atoms with Gasteiger partial charge in [0.1, 0.15) is 12.6 Å². The third kappa shape index (κ3) is 5.15. The smallest absolute Gasteiger partial charge is 0.344 e. The van der Waals surface area contributed by atoms with Crippen LogP contribution in [0.25, 0.3) is 0 Å². The molecule has 0 radical (unpaired) electrons. The fourth-order valence-electron chi connectivity index (χ4n) is 3.02. The van der Waals surface area contributed by atoms with E-state index in [1.807, 2.05) is 0 Å². The van der Waals surface area contributed by atoms with E-state index < -0.39 is 24.7 Å². The summed E-state index contributed by atoms with van der Waals surface area (Å²) in [4.78, 5) is 24.4. The summed E-state index contributed by atoms with van der Waals surface area (Å²) in [5, 5.41) is 5.82. The van der Waals surface area contributed by atoms with Crippen LogP contribution in [0.4, 0.5) is 13.2 Å². The van der Waals surface area contributed by atoms with Gasteiger partial charge in [-0.2, -0.15) is 13.2 Å². The number of hydrogen-bond acceptors (Lipinski definition) is 3. The molecule has 2 N–H and O–H groups in total. The molecule has 5 nitrogen and oxygen atoms in total. The predicted molar refractivity (Wildman–Crippen MR) is 74.0 cm³/mol. The number of nitrogens with one attached hydrogen (secondary N) is 2. The highest BCUT2D eigenvalue weighted by atomic mass is 19.4. The number of rotatable bonds is 5. The van der Waals surface area contributed by atoms with Crippen LogP contribution in [0.15, 0.2) is 0 Å². The Morgan fingerprint density at radius 2 is 1.95 bits per heavy atom. The molecule has 2 saturated heterocycles. The molecule has 2 aliphatic heterocycles. The molecule has 2 heterocycles. The van der Waals surface area contributed by atoms with Crippen molar-refractivity contribution in [1.29, 1.82) is 0 Å². The first-order valence-electron chi connectivity index (χ1n) is 7.71. The maximum Gasteiger partial charge on any atom is 0.406 e. The quantitative estimate of drug-likeness (QED) is 0.795. The molecule has 0 aliphatic carbocycles. The lowest BCUT2D eigenvalue weighted by molar-refractivity contribution is -0.158. The van der Waals surface area contributed by atoms with E-state index in [1.54, 1.807) is 0 Å². The second-order valence-electron chi connectivity index (χ2n) is 6.02. The van der Waals surface area contributed by atoms with E-state index in [0.29, 0.717) is 12.3 Å². The number of amides is 2. The molecule has 1 atom stereocenters. The van der Waals surface area contributed by atoms with Gasteiger partial charge in [0.25, 0.3) is 0 Å². The molecular weight excluding hydrogens is 299 g/mol. The Balaban J connectivity index is 1.71. The highest BCUT2D eigenvalue weighted by Gasteiger charge is 2.39. The first kappa shape index (κ1) is 17.1. The van der Waals surface area contributed by atoms with Crippen molar-refractivity contribution in [2.24, 2.45) is 5.92 Å². The Morgan fingerprint density at radius 1 is 1.27 bits per heavy atom. The summed E-state index contributed by atoms with van der Waals surface area (Å²) in [6, 6.07) is -0.803. The minimum Gasteiger partial charge on any atom is -0.344 e. The maximum atomic E-state index is 12.3. The van der Waals surface area contributed by atoms with Crippen molar-refractivity contribution in [2.45, 2.75) is 44.3 Å². The fraction of sp³-hybridized carbons (Fsp3) is 0.857. The molecular formula is C14H22F3N3O2. The average Bonchev–Trinajstić information content (AvgIpc) is 2.77. The zero-order valence-corrected chi connectivity index (χ0v) is 12.4. The van der Waals surface area contributed by atoms with Gasteiger partial charge in [0, 0.05) is 13.0 Å². The first-order chi connectivity index (χ1) is 10.3. The zero-order chi connectivity index (χ0) is 16.2. The predicted octanol–water partition coefficient (Wildman–Crippen LogP) is 1.05. The molecule has 0 aromatic carbocycles. The van der Waals surface area contributed by atoms with Crippen LogP contribution < -0.4 is 10.6 Å². The minimum absolute atomic E-state index is 0.0393. The van der Waals surface area contributed by atoms with Crippen LogP contribution in [-0.4, -0.2) is 55.1 Å². The van der Waals surface area contributed by atoms with E-state index in [9.17, 15) is 22.8 Å². The molecule has 0 bridgehead atoms. The van der Waals surface area contributed by atoms with Crippen LogP contribution in [0.2, 0.25) is 0 Å². The van der Waals surface area contributed by atoms with E-state index in [2.05, 4.69) is 10.6 Å². The van der Waals surface area contributed by atoms with Crippen LogP contribution in [0, 0.1) is 5.92 Å². The van der Waals surface area contributed by atoms with Gasteiger partial charge in [0.05, 0.1) is 0 Å². The Kier molecular flexibility index (Phi) is 5.66. The van der Waals surface area contributed by atoms with Gasteiger partial charge in [-0.3, -0.25) is 9.59 Å². The monoisotopic (exact) mass is 321 g/mol. The maximum absolute atomic E-state index is 12.3. The molecule has 2 fully saturated rings. The van der Waals surface area contributed by atoms with Gasteiger partial charge in [-0.15, -0.1) is 0 Å². The highest BCUT2D eigenvalue weighted by molar-refractivity contribution is 5.89. The Morgan fingerprint density at radius 3 is 2.59 bits per heavy atom. The number of carbonyl (C=O) groups is 2. The number of piperidine rings is 1. The summed E-state index contributed by atoms with van der Waals surface area (Å²) in [5.41, 5.74) is 0. The van der Waals surface area contributed by atoms with Gasteiger partial charge < -0.3 is 15.5 Å². The topological polar surface area (TPSA) is 61.4 Å². The fourth-order valence-corrected chi connectivity index (χ4v) is 3.02. The van der Waals surface area contributed by atoms with Crippen molar-refractivity contribution in [2.75, 3.05) is 26.2 Å². The van der Waals surface area contributed by atoms with Gasteiger partial charge in [-0.25, -0.2) is 0 Å². The highest BCUT2D eigenvalue weighted by Crippen LogP contribution is 2.21. The minimum atomic E-state index is -4.40. The van der Waals surface area contributed by atoms with Crippen molar-refractivity contribution in [3.63, 3.8) is 0 Å². The molecule has 8 heteroatoms. The second kappa shape index (κ2) is 7.30. The summed E-state index contributed by atoms with van der Waals surface area (Å²) in [7, 11) is 0. The third-order valence-electron chi connectivity index (χ3n) is 4.24. The standard InChI is InChI=1S/C14H22F3N3O2/c15-14(16,17)9-20-8-5-11(13(20)22)19-12(21)2-1-10-3-6-18-7-4-10/h10-11,18H,1-9H2,(H,19,21). The summed E-state index contributed by atoms with van der Waals surface area (Å²) in [6.07, 6.45) is -0.990. The van der Waals surface area contributed by atoms with Gasteiger partial charge in [0.15, 0.2) is 0 Å². The number of alkyl halides is 3. The molecule has 0 aromatic rings. The molecule has 0 spiro atoms. The van der Waals surface area contributed by atoms with Crippen LogP contribution >= 0.6 is 0 Å². The zero-order valence-electron chi connectivity index (χ0n) is 12.4. The molecule has 22 heavy (non-hydrogen) atoms. The third-order valence-corrected chi connectivity index (χ3v) is 4.24. The number of halogens is 3. The number of likely N-dealkylation sites (tertiary alicyclic amines) is 1. The van der Waals surface area contributed by atoms with E-state index >= 15 is 0 Å². The van der Waals surface area contributed by atoms with E-state index in [0.717, 1.165) is 37.3 Å². The van der Waals surface area contributed by atoms with E-state index in [-0.39, 0.29) is 18.9 Å². The molecule has 2 amide bonds.